The van der Waals surface area contributed by atoms with Crippen LogP contribution in [0.1, 0.15) is 11.1 Å². The van der Waals surface area contributed by atoms with E-state index in [0.29, 0.717) is 6.42 Å². The van der Waals surface area contributed by atoms with E-state index in [1.54, 1.807) is 0 Å². The molecule has 2 rings (SSSR count). The molecule has 0 aliphatic carbocycles. The maximum Gasteiger partial charge on any atom is 0.0670 e. The lowest BCUT2D eigenvalue weighted by Crippen LogP contribution is -1.80. The van der Waals surface area contributed by atoms with Gasteiger partial charge in [0.15, 0.2) is 0 Å². The van der Waals surface area contributed by atoms with E-state index in [4.69, 9.17) is 5.26 Å². The summed E-state index contributed by atoms with van der Waals surface area (Å²) < 4.78 is 0. The SMILES string of the molecule is C=Cc1cccc2[nH]cc(CC#N)c12. The summed E-state index contributed by atoms with van der Waals surface area (Å²) in [5, 5.41) is 9.79. The van der Waals surface area contributed by atoms with Crippen LogP contribution in [0, 0.1) is 11.3 Å². The van der Waals surface area contributed by atoms with Crippen LogP contribution >= 0.6 is 0 Å². The van der Waals surface area contributed by atoms with Crippen LogP contribution in [-0.2, 0) is 6.42 Å². The topological polar surface area (TPSA) is 39.6 Å². The standard InChI is InChI=1S/C12H10N2/c1-2-9-4-3-5-11-12(9)10(6-7-13)8-14-11/h2-5,8,14H,1,6H2. The lowest BCUT2D eigenvalue weighted by molar-refractivity contribution is 1.27. The van der Waals surface area contributed by atoms with E-state index in [9.17, 15) is 0 Å². The van der Waals surface area contributed by atoms with Gasteiger partial charge in [-0.1, -0.05) is 24.8 Å². The molecular formula is C12H10N2. The summed E-state index contributed by atoms with van der Waals surface area (Å²) in [5.41, 5.74) is 3.18. The summed E-state index contributed by atoms with van der Waals surface area (Å²) in [5.74, 6) is 0. The second-order valence-corrected chi connectivity index (χ2v) is 3.12. The van der Waals surface area contributed by atoms with E-state index < -0.39 is 0 Å². The minimum absolute atomic E-state index is 0.435. The molecule has 1 aromatic heterocycles. The predicted octanol–water partition coefficient (Wildman–Crippen LogP) is 2.88. The monoisotopic (exact) mass is 182 g/mol. The molecule has 1 aromatic carbocycles. The summed E-state index contributed by atoms with van der Waals surface area (Å²) in [4.78, 5) is 3.15. The highest BCUT2D eigenvalue weighted by atomic mass is 14.7. The average Bonchev–Trinajstić information content (AvgIpc) is 2.62. The van der Waals surface area contributed by atoms with E-state index in [-0.39, 0.29) is 0 Å². The van der Waals surface area contributed by atoms with Crippen molar-refractivity contribution in [1.82, 2.24) is 4.98 Å². The largest absolute Gasteiger partial charge is 0.361 e. The van der Waals surface area contributed by atoms with E-state index in [2.05, 4.69) is 17.6 Å². The highest BCUT2D eigenvalue weighted by molar-refractivity contribution is 5.91. The molecule has 0 bridgehead atoms. The first-order valence-corrected chi connectivity index (χ1v) is 4.45. The molecule has 68 valence electrons. The fourth-order valence-electron chi connectivity index (χ4n) is 1.68. The van der Waals surface area contributed by atoms with Crippen molar-refractivity contribution in [2.75, 3.05) is 0 Å². The second-order valence-electron chi connectivity index (χ2n) is 3.12. The predicted molar refractivity (Wildman–Crippen MR) is 57.7 cm³/mol. The van der Waals surface area contributed by atoms with Gasteiger partial charge in [-0.25, -0.2) is 0 Å². The van der Waals surface area contributed by atoms with Crippen LogP contribution in [0.5, 0.6) is 0 Å². The van der Waals surface area contributed by atoms with Gasteiger partial charge < -0.3 is 4.98 Å². The third-order valence-electron chi connectivity index (χ3n) is 2.31. The molecular weight excluding hydrogens is 172 g/mol. The molecule has 0 unspecified atom stereocenters. The van der Waals surface area contributed by atoms with Gasteiger partial charge in [-0.05, 0) is 17.2 Å². The molecule has 0 aliphatic rings. The Labute approximate surface area is 82.5 Å². The lowest BCUT2D eigenvalue weighted by atomic mass is 10.1. The number of nitrogens with zero attached hydrogens (tertiary/aromatic N) is 1. The van der Waals surface area contributed by atoms with Crippen molar-refractivity contribution in [1.29, 1.82) is 5.26 Å². The molecule has 14 heavy (non-hydrogen) atoms. The number of aromatic amines is 1. The summed E-state index contributed by atoms with van der Waals surface area (Å²) in [6.07, 6.45) is 4.14. The number of hydrogen-bond donors (Lipinski definition) is 1. The van der Waals surface area contributed by atoms with Crippen LogP contribution in [0.15, 0.2) is 31.0 Å². The number of H-pyrrole nitrogens is 1. The number of rotatable bonds is 2. The van der Waals surface area contributed by atoms with Crippen molar-refractivity contribution in [2.45, 2.75) is 6.42 Å². The van der Waals surface area contributed by atoms with Crippen molar-refractivity contribution in [3.05, 3.63) is 42.1 Å². The van der Waals surface area contributed by atoms with Crippen molar-refractivity contribution in [3.8, 4) is 6.07 Å². The molecule has 1 N–H and O–H groups in total. The van der Waals surface area contributed by atoms with Gasteiger partial charge in [0.2, 0.25) is 0 Å². The Kier molecular flexibility index (Phi) is 2.08. The maximum atomic E-state index is 8.67. The Morgan fingerprint density at radius 1 is 1.50 bits per heavy atom. The van der Waals surface area contributed by atoms with Gasteiger partial charge in [0, 0.05) is 17.1 Å². The Balaban J connectivity index is 2.75. The van der Waals surface area contributed by atoms with Crippen molar-refractivity contribution < 1.29 is 0 Å². The van der Waals surface area contributed by atoms with Crippen LogP contribution in [0.4, 0.5) is 0 Å². The summed E-state index contributed by atoms with van der Waals surface area (Å²) in [6.45, 7) is 3.77. The molecule has 2 nitrogen and oxygen atoms in total. The first-order chi connectivity index (χ1) is 6.86. The summed E-state index contributed by atoms with van der Waals surface area (Å²) >= 11 is 0. The number of nitriles is 1. The van der Waals surface area contributed by atoms with Gasteiger partial charge >= 0.3 is 0 Å². The van der Waals surface area contributed by atoms with Gasteiger partial charge in [0.25, 0.3) is 0 Å². The highest BCUT2D eigenvalue weighted by Gasteiger charge is 2.05. The third-order valence-corrected chi connectivity index (χ3v) is 2.31. The zero-order valence-electron chi connectivity index (χ0n) is 7.75. The van der Waals surface area contributed by atoms with Crippen LogP contribution in [0.2, 0.25) is 0 Å². The molecule has 1 heterocycles. The van der Waals surface area contributed by atoms with Gasteiger partial charge in [-0.2, -0.15) is 5.26 Å². The second kappa shape index (κ2) is 3.39. The van der Waals surface area contributed by atoms with E-state index in [1.165, 1.54) is 0 Å². The van der Waals surface area contributed by atoms with E-state index in [0.717, 1.165) is 22.0 Å². The van der Waals surface area contributed by atoms with Crippen LogP contribution in [-0.4, -0.2) is 4.98 Å². The molecule has 2 aromatic rings. The molecule has 0 fully saturated rings. The number of hydrogen-bond acceptors (Lipinski definition) is 1. The number of nitrogens with one attached hydrogen (secondary N) is 1. The smallest absolute Gasteiger partial charge is 0.0670 e. The fraction of sp³-hybridized carbons (Fsp3) is 0.0833. The zero-order chi connectivity index (χ0) is 9.97. The molecule has 0 saturated carbocycles. The van der Waals surface area contributed by atoms with E-state index >= 15 is 0 Å². The Morgan fingerprint density at radius 2 is 2.36 bits per heavy atom. The van der Waals surface area contributed by atoms with Gasteiger partial charge in [-0.3, -0.25) is 0 Å². The Hall–Kier alpha value is -2.01. The molecule has 2 heteroatoms. The quantitative estimate of drug-likeness (QED) is 0.762. The minimum Gasteiger partial charge on any atom is -0.361 e. The molecule has 0 radical (unpaired) electrons. The van der Waals surface area contributed by atoms with E-state index in [1.807, 2.05) is 30.5 Å². The average molecular weight is 182 g/mol. The first kappa shape index (κ1) is 8.58. The van der Waals surface area contributed by atoms with Gasteiger partial charge in [-0.15, -0.1) is 0 Å². The highest BCUT2D eigenvalue weighted by Crippen LogP contribution is 2.23. The van der Waals surface area contributed by atoms with Crippen molar-refractivity contribution in [3.63, 3.8) is 0 Å². The molecule has 0 atom stereocenters. The summed E-state index contributed by atoms with van der Waals surface area (Å²) in [6, 6.07) is 8.14. The molecule has 0 aliphatic heterocycles. The maximum absolute atomic E-state index is 8.67. The number of aromatic nitrogens is 1. The lowest BCUT2D eigenvalue weighted by Gasteiger charge is -1.98. The van der Waals surface area contributed by atoms with Crippen LogP contribution in [0.25, 0.3) is 17.0 Å². The molecule has 0 spiro atoms. The van der Waals surface area contributed by atoms with Crippen LogP contribution in [0.3, 0.4) is 0 Å². The number of fused-ring (bicyclic) bond motifs is 1. The summed E-state index contributed by atoms with van der Waals surface area (Å²) in [7, 11) is 0. The Bertz CT molecular complexity index is 515. The number of benzene rings is 1. The Morgan fingerprint density at radius 3 is 3.07 bits per heavy atom. The van der Waals surface area contributed by atoms with Gasteiger partial charge in [0.05, 0.1) is 12.5 Å². The van der Waals surface area contributed by atoms with Crippen molar-refractivity contribution >= 4 is 17.0 Å². The minimum atomic E-state index is 0.435. The van der Waals surface area contributed by atoms with Crippen LogP contribution < -0.4 is 0 Å². The molecule has 0 saturated heterocycles. The first-order valence-electron chi connectivity index (χ1n) is 4.45. The normalized spacial score (nSPS) is 9.93. The molecule has 0 amide bonds. The fourth-order valence-corrected chi connectivity index (χ4v) is 1.68. The van der Waals surface area contributed by atoms with Crippen molar-refractivity contribution in [2.24, 2.45) is 0 Å². The third kappa shape index (κ3) is 1.20. The van der Waals surface area contributed by atoms with Gasteiger partial charge in [0.1, 0.15) is 0 Å². The zero-order valence-corrected chi connectivity index (χ0v) is 7.75.